The number of aromatic nitrogens is 2. The number of anilines is 1. The van der Waals surface area contributed by atoms with E-state index in [0.29, 0.717) is 29.7 Å². The van der Waals surface area contributed by atoms with Crippen LogP contribution in [0.15, 0.2) is 35.6 Å². The van der Waals surface area contributed by atoms with Crippen molar-refractivity contribution in [2.24, 2.45) is 0 Å². The first kappa shape index (κ1) is 20.9. The highest BCUT2D eigenvalue weighted by Crippen LogP contribution is 2.19. The van der Waals surface area contributed by atoms with Crippen molar-refractivity contribution in [3.05, 3.63) is 42.0 Å². The summed E-state index contributed by atoms with van der Waals surface area (Å²) in [6, 6.07) is 5.44. The lowest BCUT2D eigenvalue weighted by atomic mass is 10.3. The Bertz CT molecular complexity index is 767. The Morgan fingerprint density at radius 1 is 1.30 bits per heavy atom. The number of carbonyl (C=O) groups excluding carboxylic acids is 2. The van der Waals surface area contributed by atoms with Gasteiger partial charge in [0.05, 0.1) is 30.9 Å². The van der Waals surface area contributed by atoms with E-state index in [4.69, 9.17) is 4.74 Å². The minimum atomic E-state index is -0.385. The molecule has 0 unspecified atom stereocenters. The first-order chi connectivity index (χ1) is 13.0. The van der Waals surface area contributed by atoms with E-state index in [1.54, 1.807) is 4.57 Å². The van der Waals surface area contributed by atoms with Gasteiger partial charge in [0.2, 0.25) is 11.8 Å². The van der Waals surface area contributed by atoms with Gasteiger partial charge in [0, 0.05) is 19.3 Å². The first-order valence-corrected chi connectivity index (χ1v) is 9.11. The molecular formula is C17H21FN4O4S. The second kappa shape index (κ2) is 10.7. The molecule has 27 heavy (non-hydrogen) atoms. The summed E-state index contributed by atoms with van der Waals surface area (Å²) in [7, 11) is 1.54. The van der Waals surface area contributed by atoms with E-state index in [0.717, 1.165) is 11.8 Å². The number of methoxy groups -OCH3 is 1. The monoisotopic (exact) mass is 396 g/mol. The molecule has 0 bridgehead atoms. The van der Waals surface area contributed by atoms with Crippen LogP contribution in [0.3, 0.4) is 0 Å². The van der Waals surface area contributed by atoms with Gasteiger partial charge in [0.15, 0.2) is 5.16 Å². The Morgan fingerprint density at radius 3 is 2.70 bits per heavy atom. The number of halogens is 1. The average Bonchev–Trinajstić information content (AvgIpc) is 3.03. The van der Waals surface area contributed by atoms with Crippen LogP contribution in [0.25, 0.3) is 0 Å². The summed E-state index contributed by atoms with van der Waals surface area (Å²) in [5.41, 5.74) is 0.956. The molecule has 1 aromatic carbocycles. The molecule has 0 aliphatic heterocycles. The number of rotatable bonds is 10. The number of aliphatic hydroxyl groups excluding tert-OH is 1. The average molecular weight is 396 g/mol. The maximum Gasteiger partial charge on any atom is 0.240 e. The Kier molecular flexibility index (Phi) is 8.24. The lowest BCUT2D eigenvalue weighted by molar-refractivity contribution is -0.122. The molecular weight excluding hydrogens is 375 g/mol. The van der Waals surface area contributed by atoms with Crippen molar-refractivity contribution < 1.29 is 23.8 Å². The number of aliphatic hydroxyl groups is 1. The summed E-state index contributed by atoms with van der Waals surface area (Å²) in [4.78, 5) is 28.2. The van der Waals surface area contributed by atoms with E-state index < -0.39 is 0 Å². The summed E-state index contributed by atoms with van der Waals surface area (Å²) in [5, 5.41) is 15.2. The van der Waals surface area contributed by atoms with Crippen molar-refractivity contribution in [1.82, 2.24) is 14.9 Å². The predicted molar refractivity (Wildman–Crippen MR) is 98.8 cm³/mol. The third-order valence-corrected chi connectivity index (χ3v) is 4.44. The standard InChI is InChI=1S/C17H21FN4O4S/c1-26-7-6-19-15(24)9-22-14(10-23)8-20-17(22)27-11-16(25)21-13-4-2-12(18)3-5-13/h2-5,8,23H,6-7,9-11H2,1H3,(H,19,24)(H,21,25). The van der Waals surface area contributed by atoms with Gasteiger partial charge in [-0.2, -0.15) is 0 Å². The largest absolute Gasteiger partial charge is 0.390 e. The summed E-state index contributed by atoms with van der Waals surface area (Å²) >= 11 is 1.13. The molecule has 1 heterocycles. The van der Waals surface area contributed by atoms with Crippen molar-refractivity contribution in [2.75, 3.05) is 31.3 Å². The van der Waals surface area contributed by atoms with Crippen LogP contribution in [0.1, 0.15) is 5.69 Å². The van der Waals surface area contributed by atoms with Crippen LogP contribution in [-0.4, -0.2) is 52.5 Å². The van der Waals surface area contributed by atoms with Crippen LogP contribution in [0, 0.1) is 5.82 Å². The molecule has 0 fully saturated rings. The third-order valence-electron chi connectivity index (χ3n) is 3.45. The van der Waals surface area contributed by atoms with E-state index in [2.05, 4.69) is 15.6 Å². The Morgan fingerprint density at radius 2 is 2.04 bits per heavy atom. The number of nitrogens with one attached hydrogen (secondary N) is 2. The minimum Gasteiger partial charge on any atom is -0.390 e. The Balaban J connectivity index is 1.93. The fourth-order valence-electron chi connectivity index (χ4n) is 2.15. The van der Waals surface area contributed by atoms with Crippen molar-refractivity contribution in [2.45, 2.75) is 18.3 Å². The normalized spacial score (nSPS) is 10.6. The molecule has 0 aliphatic rings. The first-order valence-electron chi connectivity index (χ1n) is 8.12. The number of carbonyl (C=O) groups is 2. The second-order valence-electron chi connectivity index (χ2n) is 5.46. The van der Waals surface area contributed by atoms with Gasteiger partial charge in [-0.05, 0) is 24.3 Å². The van der Waals surface area contributed by atoms with Crippen LogP contribution < -0.4 is 10.6 Å². The maximum absolute atomic E-state index is 12.9. The third kappa shape index (κ3) is 6.66. The van der Waals surface area contributed by atoms with Crippen LogP contribution in [0.4, 0.5) is 10.1 Å². The van der Waals surface area contributed by atoms with Crippen LogP contribution in [-0.2, 0) is 27.5 Å². The zero-order valence-electron chi connectivity index (χ0n) is 14.8. The molecule has 0 saturated heterocycles. The predicted octanol–water partition coefficient (Wildman–Crippen LogP) is 1.01. The molecule has 2 aromatic rings. The number of benzene rings is 1. The highest BCUT2D eigenvalue weighted by Gasteiger charge is 2.15. The molecule has 8 nitrogen and oxygen atoms in total. The smallest absolute Gasteiger partial charge is 0.240 e. The number of amides is 2. The van der Waals surface area contributed by atoms with Gasteiger partial charge >= 0.3 is 0 Å². The summed E-state index contributed by atoms with van der Waals surface area (Å²) in [6.07, 6.45) is 1.46. The second-order valence-corrected chi connectivity index (χ2v) is 6.41. The number of ether oxygens (including phenoxy) is 1. The van der Waals surface area contributed by atoms with Crippen molar-refractivity contribution in [1.29, 1.82) is 0 Å². The zero-order chi connectivity index (χ0) is 19.6. The molecule has 1 aromatic heterocycles. The molecule has 0 spiro atoms. The molecule has 0 aliphatic carbocycles. The van der Waals surface area contributed by atoms with Crippen LogP contribution in [0.5, 0.6) is 0 Å². The molecule has 0 atom stereocenters. The fourth-order valence-corrected chi connectivity index (χ4v) is 2.95. The zero-order valence-corrected chi connectivity index (χ0v) is 15.6. The fraction of sp³-hybridized carbons (Fsp3) is 0.353. The van der Waals surface area contributed by atoms with Crippen molar-refractivity contribution in [3.8, 4) is 0 Å². The van der Waals surface area contributed by atoms with Crippen molar-refractivity contribution >= 4 is 29.3 Å². The highest BCUT2D eigenvalue weighted by atomic mass is 32.2. The minimum absolute atomic E-state index is 0.0263. The molecule has 10 heteroatoms. The topological polar surface area (TPSA) is 105 Å². The summed E-state index contributed by atoms with van der Waals surface area (Å²) < 4.78 is 19.3. The van der Waals surface area contributed by atoms with E-state index >= 15 is 0 Å². The molecule has 3 N–H and O–H groups in total. The van der Waals surface area contributed by atoms with E-state index in [1.807, 2.05) is 0 Å². The van der Waals surface area contributed by atoms with Crippen LogP contribution in [0.2, 0.25) is 0 Å². The lowest BCUT2D eigenvalue weighted by Gasteiger charge is -2.11. The molecule has 146 valence electrons. The SMILES string of the molecule is COCCNC(=O)Cn1c(CO)cnc1SCC(=O)Nc1ccc(F)cc1. The van der Waals surface area contributed by atoms with Gasteiger partial charge in [0.25, 0.3) is 0 Å². The molecule has 2 amide bonds. The van der Waals surface area contributed by atoms with E-state index in [1.165, 1.54) is 37.6 Å². The quantitative estimate of drug-likeness (QED) is 0.409. The number of imidazole rings is 1. The lowest BCUT2D eigenvalue weighted by Crippen LogP contribution is -2.31. The van der Waals surface area contributed by atoms with Gasteiger partial charge in [-0.25, -0.2) is 9.37 Å². The van der Waals surface area contributed by atoms with Gasteiger partial charge in [-0.1, -0.05) is 11.8 Å². The number of hydrogen-bond donors (Lipinski definition) is 3. The Hall–Kier alpha value is -2.43. The van der Waals surface area contributed by atoms with E-state index in [9.17, 15) is 19.1 Å². The number of nitrogens with zero attached hydrogens (tertiary/aromatic N) is 2. The molecule has 0 saturated carbocycles. The number of hydrogen-bond acceptors (Lipinski definition) is 6. The van der Waals surface area contributed by atoms with Gasteiger partial charge in [-0.3, -0.25) is 9.59 Å². The van der Waals surface area contributed by atoms with Crippen LogP contribution >= 0.6 is 11.8 Å². The summed E-state index contributed by atoms with van der Waals surface area (Å²) in [6.45, 7) is 0.469. The van der Waals surface area contributed by atoms with Gasteiger partial charge in [0.1, 0.15) is 12.4 Å². The Labute approximate surface area is 160 Å². The van der Waals surface area contributed by atoms with Gasteiger partial charge < -0.3 is 25.0 Å². The number of thioether (sulfide) groups is 1. The molecule has 0 radical (unpaired) electrons. The highest BCUT2D eigenvalue weighted by molar-refractivity contribution is 7.99. The summed E-state index contributed by atoms with van der Waals surface area (Å²) in [5.74, 6) is -0.886. The maximum atomic E-state index is 12.9. The molecule has 2 rings (SSSR count). The van der Waals surface area contributed by atoms with E-state index in [-0.39, 0.29) is 36.5 Å². The van der Waals surface area contributed by atoms with Crippen molar-refractivity contribution in [3.63, 3.8) is 0 Å². The van der Waals surface area contributed by atoms with Gasteiger partial charge in [-0.15, -0.1) is 0 Å².